The standard InChI is InChI=1S/C19H32N4O10/c1-8(2)6-12(19(32)33)22-18(31)15(9(3)24)23-17(30)11(7-14(27)28)21-16(29)10(20)4-5-13(25)26/h8-12,15,24H,4-7,20H2,1-3H3,(H,21,29)(H,22,31)(H,23,30)(H,25,26)(H,27,28)(H,32,33). The van der Waals surface area contributed by atoms with Gasteiger partial charge >= 0.3 is 17.9 Å². The summed E-state index contributed by atoms with van der Waals surface area (Å²) in [5.41, 5.74) is 5.55. The smallest absolute Gasteiger partial charge is 0.326 e. The lowest BCUT2D eigenvalue weighted by Crippen LogP contribution is -2.60. The summed E-state index contributed by atoms with van der Waals surface area (Å²) in [6, 6.07) is -5.99. The van der Waals surface area contributed by atoms with Crippen molar-refractivity contribution in [1.29, 1.82) is 0 Å². The van der Waals surface area contributed by atoms with Crippen LogP contribution in [0.4, 0.5) is 0 Å². The summed E-state index contributed by atoms with van der Waals surface area (Å²) in [6.07, 6.45) is -3.03. The molecule has 0 saturated carbocycles. The van der Waals surface area contributed by atoms with E-state index in [4.69, 9.17) is 15.9 Å². The first-order valence-corrected chi connectivity index (χ1v) is 10.2. The Hall–Kier alpha value is -3.26. The number of carboxylic acid groups (broad SMARTS) is 3. The van der Waals surface area contributed by atoms with Crippen LogP contribution in [0.15, 0.2) is 0 Å². The number of carbonyl (C=O) groups is 6. The number of carbonyl (C=O) groups excluding carboxylic acids is 3. The van der Waals surface area contributed by atoms with Gasteiger partial charge < -0.3 is 42.1 Å². The third-order valence-electron chi connectivity index (χ3n) is 4.40. The fourth-order valence-corrected chi connectivity index (χ4v) is 2.69. The van der Waals surface area contributed by atoms with E-state index >= 15 is 0 Å². The average molecular weight is 476 g/mol. The molecule has 0 aliphatic carbocycles. The predicted octanol–water partition coefficient (Wildman–Crippen LogP) is -2.38. The average Bonchev–Trinajstić information content (AvgIpc) is 2.67. The highest BCUT2D eigenvalue weighted by atomic mass is 16.4. The van der Waals surface area contributed by atoms with E-state index in [1.807, 2.05) is 0 Å². The number of nitrogens with two attached hydrogens (primary N) is 1. The van der Waals surface area contributed by atoms with Crippen molar-refractivity contribution in [3.05, 3.63) is 0 Å². The van der Waals surface area contributed by atoms with Gasteiger partial charge in [-0.15, -0.1) is 0 Å². The van der Waals surface area contributed by atoms with Gasteiger partial charge in [0, 0.05) is 6.42 Å². The van der Waals surface area contributed by atoms with Crippen molar-refractivity contribution >= 4 is 35.6 Å². The highest BCUT2D eigenvalue weighted by Crippen LogP contribution is 2.07. The topological polar surface area (TPSA) is 245 Å². The normalized spacial score (nSPS) is 15.5. The molecule has 14 nitrogen and oxygen atoms in total. The molecule has 9 N–H and O–H groups in total. The summed E-state index contributed by atoms with van der Waals surface area (Å²) < 4.78 is 0. The fourth-order valence-electron chi connectivity index (χ4n) is 2.69. The van der Waals surface area contributed by atoms with Crippen LogP contribution >= 0.6 is 0 Å². The van der Waals surface area contributed by atoms with Crippen LogP contribution in [-0.4, -0.2) is 86.3 Å². The highest BCUT2D eigenvalue weighted by molar-refractivity contribution is 5.95. The van der Waals surface area contributed by atoms with Gasteiger partial charge in [-0.3, -0.25) is 24.0 Å². The first-order chi connectivity index (χ1) is 15.1. The first kappa shape index (κ1) is 29.7. The van der Waals surface area contributed by atoms with Crippen molar-refractivity contribution in [1.82, 2.24) is 16.0 Å². The molecule has 0 aromatic rings. The number of rotatable bonds is 15. The summed E-state index contributed by atoms with van der Waals surface area (Å²) in [7, 11) is 0. The maximum Gasteiger partial charge on any atom is 0.326 e. The van der Waals surface area contributed by atoms with E-state index in [-0.39, 0.29) is 18.8 Å². The van der Waals surface area contributed by atoms with Crippen LogP contribution in [-0.2, 0) is 28.8 Å². The van der Waals surface area contributed by atoms with Crippen molar-refractivity contribution < 1.29 is 49.2 Å². The van der Waals surface area contributed by atoms with Gasteiger partial charge in [-0.2, -0.15) is 0 Å². The van der Waals surface area contributed by atoms with Crippen LogP contribution < -0.4 is 21.7 Å². The molecule has 188 valence electrons. The van der Waals surface area contributed by atoms with Crippen LogP contribution in [0.2, 0.25) is 0 Å². The molecule has 0 bridgehead atoms. The first-order valence-electron chi connectivity index (χ1n) is 10.2. The highest BCUT2D eigenvalue weighted by Gasteiger charge is 2.33. The van der Waals surface area contributed by atoms with Crippen LogP contribution in [0.25, 0.3) is 0 Å². The number of carboxylic acids is 3. The van der Waals surface area contributed by atoms with E-state index in [0.717, 1.165) is 6.92 Å². The van der Waals surface area contributed by atoms with Crippen molar-refractivity contribution in [3.63, 3.8) is 0 Å². The predicted molar refractivity (Wildman–Crippen MR) is 112 cm³/mol. The minimum absolute atomic E-state index is 0.0769. The van der Waals surface area contributed by atoms with E-state index in [9.17, 15) is 39.0 Å². The van der Waals surface area contributed by atoms with Gasteiger partial charge in [0.1, 0.15) is 18.1 Å². The Bertz CT molecular complexity index is 740. The number of aliphatic hydroxyl groups excluding tert-OH is 1. The zero-order valence-corrected chi connectivity index (χ0v) is 18.6. The Morgan fingerprint density at radius 3 is 1.76 bits per heavy atom. The van der Waals surface area contributed by atoms with Crippen molar-refractivity contribution in [2.45, 2.75) is 76.7 Å². The van der Waals surface area contributed by atoms with Crippen molar-refractivity contribution in [2.75, 3.05) is 0 Å². The number of nitrogens with one attached hydrogen (secondary N) is 3. The van der Waals surface area contributed by atoms with E-state index in [1.165, 1.54) is 0 Å². The summed E-state index contributed by atoms with van der Waals surface area (Å²) in [5, 5.41) is 43.3. The second-order valence-corrected chi connectivity index (χ2v) is 7.95. The largest absolute Gasteiger partial charge is 0.481 e. The molecule has 0 spiro atoms. The molecule has 14 heteroatoms. The lowest BCUT2D eigenvalue weighted by Gasteiger charge is -2.26. The molecule has 3 amide bonds. The minimum Gasteiger partial charge on any atom is -0.481 e. The molecule has 0 aliphatic heterocycles. The van der Waals surface area contributed by atoms with Crippen molar-refractivity contribution in [2.24, 2.45) is 11.7 Å². The maximum atomic E-state index is 12.6. The van der Waals surface area contributed by atoms with Gasteiger partial charge in [0.05, 0.1) is 18.6 Å². The van der Waals surface area contributed by atoms with E-state index in [1.54, 1.807) is 13.8 Å². The molecule has 5 unspecified atom stereocenters. The lowest BCUT2D eigenvalue weighted by atomic mass is 10.0. The maximum absolute atomic E-state index is 12.6. The molecular weight excluding hydrogens is 444 g/mol. The van der Waals surface area contributed by atoms with E-state index in [0.29, 0.717) is 0 Å². The molecule has 0 radical (unpaired) electrons. The molecule has 33 heavy (non-hydrogen) atoms. The number of hydrogen-bond donors (Lipinski definition) is 8. The minimum atomic E-state index is -1.70. The molecule has 0 aromatic heterocycles. The third-order valence-corrected chi connectivity index (χ3v) is 4.40. The van der Waals surface area contributed by atoms with Crippen LogP contribution in [0.3, 0.4) is 0 Å². The second kappa shape index (κ2) is 14.0. The van der Waals surface area contributed by atoms with Crippen LogP contribution in [0.1, 0.15) is 46.5 Å². The van der Waals surface area contributed by atoms with Crippen molar-refractivity contribution in [3.8, 4) is 0 Å². The van der Waals surface area contributed by atoms with Gasteiger partial charge in [0.2, 0.25) is 17.7 Å². The summed E-state index contributed by atoms with van der Waals surface area (Å²) in [6.45, 7) is 4.61. The zero-order valence-electron chi connectivity index (χ0n) is 18.6. The van der Waals surface area contributed by atoms with Gasteiger partial charge in [-0.05, 0) is 25.7 Å². The van der Waals surface area contributed by atoms with Gasteiger partial charge in [0.15, 0.2) is 0 Å². The molecule has 0 fully saturated rings. The van der Waals surface area contributed by atoms with Crippen LogP contribution in [0.5, 0.6) is 0 Å². The summed E-state index contributed by atoms with van der Waals surface area (Å²) in [4.78, 5) is 70.3. The van der Waals surface area contributed by atoms with Gasteiger partial charge in [-0.25, -0.2) is 4.79 Å². The molecule has 0 aliphatic rings. The molecule has 0 heterocycles. The Balaban J connectivity index is 5.42. The molecule has 5 atom stereocenters. The third kappa shape index (κ3) is 11.8. The molecule has 0 aromatic carbocycles. The zero-order chi connectivity index (χ0) is 25.9. The number of aliphatic carboxylic acids is 3. The monoisotopic (exact) mass is 476 g/mol. The Morgan fingerprint density at radius 1 is 0.788 bits per heavy atom. The Labute approximate surface area is 189 Å². The molecule has 0 saturated heterocycles. The number of hydrogen-bond acceptors (Lipinski definition) is 8. The summed E-state index contributed by atoms with van der Waals surface area (Å²) in [5.74, 6) is -7.25. The quantitative estimate of drug-likeness (QED) is 0.124. The van der Waals surface area contributed by atoms with E-state index < -0.39 is 78.7 Å². The Kier molecular flexibility index (Phi) is 12.6. The molecule has 0 rings (SSSR count). The molecular formula is C19H32N4O10. The fraction of sp³-hybridized carbons (Fsp3) is 0.684. The van der Waals surface area contributed by atoms with Gasteiger partial charge in [-0.1, -0.05) is 13.8 Å². The second-order valence-electron chi connectivity index (χ2n) is 7.95. The van der Waals surface area contributed by atoms with Gasteiger partial charge in [0.25, 0.3) is 0 Å². The SMILES string of the molecule is CC(C)CC(NC(=O)C(NC(=O)C(CC(=O)O)NC(=O)C(N)CCC(=O)O)C(C)O)C(=O)O. The number of aliphatic hydroxyl groups is 1. The van der Waals surface area contributed by atoms with Crippen LogP contribution in [0, 0.1) is 5.92 Å². The Morgan fingerprint density at radius 2 is 1.33 bits per heavy atom. The summed E-state index contributed by atoms with van der Waals surface area (Å²) >= 11 is 0. The lowest BCUT2D eigenvalue weighted by molar-refractivity contribution is -0.144. The number of amides is 3. The van der Waals surface area contributed by atoms with E-state index in [2.05, 4.69) is 16.0 Å².